The van der Waals surface area contributed by atoms with Crippen LogP contribution in [0.15, 0.2) is 47.1 Å². The molecule has 1 aliphatic rings. The van der Waals surface area contributed by atoms with Crippen LogP contribution in [0, 0.1) is 0 Å². The molecule has 2 aromatic carbocycles. The van der Waals surface area contributed by atoms with Gasteiger partial charge in [-0.3, -0.25) is 4.79 Å². The maximum absolute atomic E-state index is 12.3. The van der Waals surface area contributed by atoms with E-state index in [2.05, 4.69) is 17.4 Å². The minimum absolute atomic E-state index is 0.0405. The highest BCUT2D eigenvalue weighted by Crippen LogP contribution is 2.30. The molecule has 0 atom stereocenters. The van der Waals surface area contributed by atoms with Gasteiger partial charge in [-0.15, -0.1) is 0 Å². The number of aryl methyl sites for hydroxylation is 2. The molecule has 0 aliphatic heterocycles. The average molecular weight is 321 g/mol. The number of furan rings is 1. The normalized spacial score (nSPS) is 13.2. The van der Waals surface area contributed by atoms with Crippen LogP contribution in [0.1, 0.15) is 28.7 Å². The Morgan fingerprint density at radius 3 is 2.83 bits per heavy atom. The van der Waals surface area contributed by atoms with E-state index in [4.69, 9.17) is 4.42 Å². The molecule has 4 rings (SSSR count). The Morgan fingerprint density at radius 2 is 2.00 bits per heavy atom. The maximum atomic E-state index is 12.3. The molecule has 1 aromatic heterocycles. The van der Waals surface area contributed by atoms with Crippen LogP contribution in [-0.2, 0) is 30.7 Å². The van der Waals surface area contributed by atoms with Gasteiger partial charge >= 0.3 is 0 Å². The Morgan fingerprint density at radius 1 is 1.17 bits per heavy atom. The lowest BCUT2D eigenvalue weighted by Gasteiger charge is -2.06. The fraction of sp³-hybridized carbons (Fsp3) is 0.250. The summed E-state index contributed by atoms with van der Waals surface area (Å²) in [7, 11) is 0. The van der Waals surface area contributed by atoms with Gasteiger partial charge in [0.25, 0.3) is 0 Å². The highest BCUT2D eigenvalue weighted by atomic mass is 16.3. The third kappa shape index (κ3) is 2.81. The van der Waals surface area contributed by atoms with Crippen LogP contribution < -0.4 is 5.32 Å². The summed E-state index contributed by atoms with van der Waals surface area (Å²) in [6.45, 7) is -0.0405. The van der Waals surface area contributed by atoms with Crippen molar-refractivity contribution in [1.82, 2.24) is 0 Å². The summed E-state index contributed by atoms with van der Waals surface area (Å²) in [5, 5.41) is 13.1. The van der Waals surface area contributed by atoms with E-state index in [9.17, 15) is 9.90 Å². The molecular formula is C20H19NO3. The Balaban J connectivity index is 1.54. The second-order valence-corrected chi connectivity index (χ2v) is 6.32. The largest absolute Gasteiger partial charge is 0.464 e. The predicted molar refractivity (Wildman–Crippen MR) is 92.9 cm³/mol. The number of carbonyl (C=O) groups is 1. The van der Waals surface area contributed by atoms with Gasteiger partial charge in [-0.25, -0.2) is 0 Å². The third-order valence-corrected chi connectivity index (χ3v) is 4.61. The summed E-state index contributed by atoms with van der Waals surface area (Å²) < 4.78 is 5.65. The smallest absolute Gasteiger partial charge is 0.228 e. The lowest BCUT2D eigenvalue weighted by Crippen LogP contribution is -2.14. The number of aliphatic hydroxyl groups excluding tert-OH is 1. The molecule has 24 heavy (non-hydrogen) atoms. The molecule has 1 aliphatic carbocycles. The summed E-state index contributed by atoms with van der Waals surface area (Å²) in [6.07, 6.45) is 5.37. The molecule has 0 bridgehead atoms. The number of aliphatic hydroxyl groups is 1. The molecule has 0 unspecified atom stereocenters. The van der Waals surface area contributed by atoms with E-state index in [1.54, 1.807) is 12.3 Å². The van der Waals surface area contributed by atoms with Crippen molar-refractivity contribution in [3.05, 3.63) is 64.9 Å². The molecule has 4 nitrogen and oxygen atoms in total. The van der Waals surface area contributed by atoms with Crippen LogP contribution in [0.25, 0.3) is 11.0 Å². The molecule has 1 amide bonds. The number of amides is 1. The monoisotopic (exact) mass is 321 g/mol. The second-order valence-electron chi connectivity index (χ2n) is 6.32. The standard InChI is InChI=1S/C20H19NO3/c22-11-13-3-1-6-17(7-13)21-20(23)10-16-12-24-19-9-15-5-2-4-14(15)8-18(16)19/h1,3,6-9,12,22H,2,4-5,10-11H2,(H,21,23). The molecule has 3 aromatic rings. The Labute approximate surface area is 140 Å². The van der Waals surface area contributed by atoms with Crippen LogP contribution in [0.5, 0.6) is 0 Å². The van der Waals surface area contributed by atoms with E-state index in [0.29, 0.717) is 5.69 Å². The zero-order chi connectivity index (χ0) is 16.5. The number of carbonyl (C=O) groups excluding carboxylic acids is 1. The zero-order valence-electron chi connectivity index (χ0n) is 13.3. The lowest BCUT2D eigenvalue weighted by molar-refractivity contribution is -0.115. The SMILES string of the molecule is O=C(Cc1coc2cc3c(cc12)CCC3)Nc1cccc(CO)c1. The lowest BCUT2D eigenvalue weighted by atomic mass is 10.0. The van der Waals surface area contributed by atoms with Crippen LogP contribution in [-0.4, -0.2) is 11.0 Å². The number of anilines is 1. The number of benzene rings is 2. The fourth-order valence-corrected chi connectivity index (χ4v) is 3.41. The number of rotatable bonds is 4. The van der Waals surface area contributed by atoms with Gasteiger partial charge in [0.2, 0.25) is 5.91 Å². The van der Waals surface area contributed by atoms with Gasteiger partial charge in [0.05, 0.1) is 19.3 Å². The molecule has 4 heteroatoms. The van der Waals surface area contributed by atoms with Gasteiger partial charge in [-0.05, 0) is 60.2 Å². The first-order chi connectivity index (χ1) is 11.7. The first-order valence-corrected chi connectivity index (χ1v) is 8.24. The Kier molecular flexibility index (Phi) is 3.82. The van der Waals surface area contributed by atoms with E-state index < -0.39 is 0 Å². The van der Waals surface area contributed by atoms with Crippen LogP contribution >= 0.6 is 0 Å². The quantitative estimate of drug-likeness (QED) is 0.772. The zero-order valence-corrected chi connectivity index (χ0v) is 13.3. The summed E-state index contributed by atoms with van der Waals surface area (Å²) in [4.78, 5) is 12.3. The summed E-state index contributed by atoms with van der Waals surface area (Å²) in [6, 6.07) is 11.5. The molecule has 2 N–H and O–H groups in total. The minimum Gasteiger partial charge on any atom is -0.464 e. The predicted octanol–water partition coefficient (Wildman–Crippen LogP) is 3.60. The average Bonchev–Trinajstić information content (AvgIpc) is 3.19. The van der Waals surface area contributed by atoms with Crippen LogP contribution in [0.3, 0.4) is 0 Å². The Hall–Kier alpha value is -2.59. The molecule has 0 saturated heterocycles. The van der Waals surface area contributed by atoms with Crippen molar-refractivity contribution in [3.63, 3.8) is 0 Å². The van der Waals surface area contributed by atoms with Crippen LogP contribution in [0.2, 0.25) is 0 Å². The van der Waals surface area contributed by atoms with Crippen LogP contribution in [0.4, 0.5) is 5.69 Å². The van der Waals surface area contributed by atoms with Crippen molar-refractivity contribution in [2.24, 2.45) is 0 Å². The highest BCUT2D eigenvalue weighted by molar-refractivity contribution is 5.95. The second kappa shape index (κ2) is 6.13. The Bertz CT molecular complexity index is 910. The van der Waals surface area contributed by atoms with E-state index in [1.807, 2.05) is 18.2 Å². The van der Waals surface area contributed by atoms with E-state index in [0.717, 1.165) is 34.9 Å². The molecule has 1 heterocycles. The van der Waals surface area contributed by atoms with Crippen molar-refractivity contribution < 1.29 is 14.3 Å². The van der Waals surface area contributed by atoms with E-state index in [-0.39, 0.29) is 18.9 Å². The summed E-state index contributed by atoms with van der Waals surface area (Å²) >= 11 is 0. The van der Waals surface area contributed by atoms with Crippen molar-refractivity contribution >= 4 is 22.6 Å². The molecule has 0 spiro atoms. The fourth-order valence-electron chi connectivity index (χ4n) is 3.41. The van der Waals surface area contributed by atoms with Crippen molar-refractivity contribution in [2.45, 2.75) is 32.3 Å². The van der Waals surface area contributed by atoms with Gasteiger partial charge in [0.15, 0.2) is 0 Å². The number of hydrogen-bond donors (Lipinski definition) is 2. The summed E-state index contributed by atoms with van der Waals surface area (Å²) in [5.41, 5.74) is 5.99. The van der Waals surface area contributed by atoms with Crippen molar-refractivity contribution in [2.75, 3.05) is 5.32 Å². The number of hydrogen-bond acceptors (Lipinski definition) is 3. The van der Waals surface area contributed by atoms with E-state index >= 15 is 0 Å². The topological polar surface area (TPSA) is 62.5 Å². The first kappa shape index (κ1) is 15.0. The maximum Gasteiger partial charge on any atom is 0.228 e. The molecule has 0 radical (unpaired) electrons. The molecule has 0 saturated carbocycles. The third-order valence-electron chi connectivity index (χ3n) is 4.61. The van der Waals surface area contributed by atoms with Gasteiger partial charge in [-0.2, -0.15) is 0 Å². The van der Waals surface area contributed by atoms with Crippen molar-refractivity contribution in [3.8, 4) is 0 Å². The minimum atomic E-state index is -0.0895. The van der Waals surface area contributed by atoms with E-state index in [1.165, 1.54) is 17.5 Å². The van der Waals surface area contributed by atoms with Gasteiger partial charge in [0, 0.05) is 16.6 Å². The van der Waals surface area contributed by atoms with Gasteiger partial charge in [-0.1, -0.05) is 12.1 Å². The van der Waals surface area contributed by atoms with Gasteiger partial charge in [0.1, 0.15) is 5.58 Å². The number of fused-ring (bicyclic) bond motifs is 2. The molecular weight excluding hydrogens is 302 g/mol. The first-order valence-electron chi connectivity index (χ1n) is 8.24. The van der Waals surface area contributed by atoms with Crippen molar-refractivity contribution in [1.29, 1.82) is 0 Å². The van der Waals surface area contributed by atoms with Gasteiger partial charge < -0.3 is 14.8 Å². The molecule has 122 valence electrons. The number of nitrogens with one attached hydrogen (secondary N) is 1. The summed E-state index contributed by atoms with van der Waals surface area (Å²) in [5.74, 6) is -0.0895. The molecule has 0 fully saturated rings. The highest BCUT2D eigenvalue weighted by Gasteiger charge is 2.16.